The Bertz CT molecular complexity index is 952. The van der Waals surface area contributed by atoms with Crippen LogP contribution in [0, 0.1) is 5.92 Å². The van der Waals surface area contributed by atoms with Crippen molar-refractivity contribution in [2.75, 3.05) is 29.9 Å². The van der Waals surface area contributed by atoms with Crippen molar-refractivity contribution in [2.24, 2.45) is 11.7 Å². The normalized spacial score (nSPS) is 20.0. The average molecular weight is 365 g/mol. The van der Waals surface area contributed by atoms with Gasteiger partial charge in [0.15, 0.2) is 0 Å². The zero-order chi connectivity index (χ0) is 19.0. The van der Waals surface area contributed by atoms with Crippen molar-refractivity contribution in [3.05, 3.63) is 42.5 Å². The van der Waals surface area contributed by atoms with Gasteiger partial charge in [0.25, 0.3) is 0 Å². The summed E-state index contributed by atoms with van der Waals surface area (Å²) in [5, 5.41) is 1.02. The minimum atomic E-state index is -0.460. The number of piperidine rings is 1. The number of H-pyrrole nitrogens is 1. The van der Waals surface area contributed by atoms with Gasteiger partial charge in [0.2, 0.25) is 5.91 Å². The van der Waals surface area contributed by atoms with Crippen molar-refractivity contribution in [1.82, 2.24) is 19.9 Å². The topological polar surface area (TPSA) is 104 Å². The van der Waals surface area contributed by atoms with Crippen LogP contribution >= 0.6 is 0 Å². The second-order valence-corrected chi connectivity index (χ2v) is 7.10. The summed E-state index contributed by atoms with van der Waals surface area (Å²) in [6.45, 7) is 4.03. The summed E-state index contributed by atoms with van der Waals surface area (Å²) in [6, 6.07) is 5.89. The number of carbonyl (C=O) groups is 1. The van der Waals surface area contributed by atoms with Crippen LogP contribution in [0.5, 0.6) is 0 Å². The highest BCUT2D eigenvalue weighted by molar-refractivity contribution is 5.92. The van der Waals surface area contributed by atoms with Crippen molar-refractivity contribution in [2.45, 2.75) is 19.4 Å². The summed E-state index contributed by atoms with van der Waals surface area (Å²) < 4.78 is 0. The molecule has 8 heteroatoms. The lowest BCUT2D eigenvalue weighted by Crippen LogP contribution is -2.51. The summed E-state index contributed by atoms with van der Waals surface area (Å²) in [7, 11) is 2.09. The van der Waals surface area contributed by atoms with Crippen LogP contribution in [0.15, 0.2) is 36.9 Å². The summed E-state index contributed by atoms with van der Waals surface area (Å²) in [4.78, 5) is 32.1. The van der Waals surface area contributed by atoms with E-state index in [2.05, 4.69) is 43.7 Å². The van der Waals surface area contributed by atoms with Gasteiger partial charge in [-0.05, 0) is 30.5 Å². The van der Waals surface area contributed by atoms with Crippen LogP contribution in [-0.4, -0.2) is 52.0 Å². The highest BCUT2D eigenvalue weighted by Crippen LogP contribution is 2.30. The van der Waals surface area contributed by atoms with E-state index in [1.165, 1.54) is 0 Å². The maximum absolute atomic E-state index is 11.3. The number of rotatable bonds is 4. The Kier molecular flexibility index (Phi) is 4.39. The van der Waals surface area contributed by atoms with Crippen LogP contribution in [-0.2, 0) is 0 Å². The first-order valence-corrected chi connectivity index (χ1v) is 9.06. The Labute approximate surface area is 157 Å². The molecular weight excluding hydrogens is 342 g/mol. The molecule has 0 aliphatic carbocycles. The molecule has 140 valence electrons. The van der Waals surface area contributed by atoms with Gasteiger partial charge >= 0.3 is 0 Å². The Morgan fingerprint density at radius 2 is 2.15 bits per heavy atom. The average Bonchev–Trinajstić information content (AvgIpc) is 3.17. The van der Waals surface area contributed by atoms with E-state index < -0.39 is 5.91 Å². The third-order valence-electron chi connectivity index (χ3n) is 5.44. The minimum absolute atomic E-state index is 0.282. The SMILES string of the molecule is CC1CCN(c2ccc(C(N)=O)cn2)CC1N(C)c1ncnc2[nH]ccc12. The van der Waals surface area contributed by atoms with Gasteiger partial charge in [0, 0.05) is 32.5 Å². The molecule has 27 heavy (non-hydrogen) atoms. The van der Waals surface area contributed by atoms with E-state index in [0.29, 0.717) is 11.5 Å². The van der Waals surface area contributed by atoms with Crippen molar-refractivity contribution < 1.29 is 4.79 Å². The molecule has 1 saturated heterocycles. The maximum atomic E-state index is 11.3. The molecule has 8 nitrogen and oxygen atoms in total. The lowest BCUT2D eigenvalue weighted by Gasteiger charge is -2.42. The molecule has 3 aromatic heterocycles. The second kappa shape index (κ2) is 6.86. The molecule has 0 saturated carbocycles. The number of primary amides is 1. The number of nitrogens with zero attached hydrogens (tertiary/aromatic N) is 5. The number of carbonyl (C=O) groups excluding carboxylic acids is 1. The lowest BCUT2D eigenvalue weighted by atomic mass is 9.92. The second-order valence-electron chi connectivity index (χ2n) is 7.10. The number of fused-ring (bicyclic) bond motifs is 1. The molecule has 1 fully saturated rings. The van der Waals surface area contributed by atoms with Crippen molar-refractivity contribution in [3.63, 3.8) is 0 Å². The number of nitrogens with one attached hydrogen (secondary N) is 1. The predicted octanol–water partition coefficient (Wildman–Crippen LogP) is 1.80. The zero-order valence-electron chi connectivity index (χ0n) is 15.5. The van der Waals surface area contributed by atoms with Crippen molar-refractivity contribution >= 4 is 28.6 Å². The Morgan fingerprint density at radius 1 is 1.30 bits per heavy atom. The number of nitrogens with two attached hydrogens (primary N) is 1. The molecule has 0 radical (unpaired) electrons. The Hall–Kier alpha value is -3.16. The highest BCUT2D eigenvalue weighted by atomic mass is 16.1. The van der Waals surface area contributed by atoms with Gasteiger partial charge in [-0.25, -0.2) is 15.0 Å². The summed E-state index contributed by atoms with van der Waals surface area (Å²) in [5.41, 5.74) is 6.58. The smallest absolute Gasteiger partial charge is 0.250 e. The fourth-order valence-corrected chi connectivity index (χ4v) is 3.78. The molecule has 3 aromatic rings. The molecule has 4 rings (SSSR count). The van der Waals surface area contributed by atoms with E-state index in [0.717, 1.165) is 42.2 Å². The minimum Gasteiger partial charge on any atom is -0.366 e. The van der Waals surface area contributed by atoms with Crippen molar-refractivity contribution in [1.29, 1.82) is 0 Å². The first-order valence-electron chi connectivity index (χ1n) is 9.06. The van der Waals surface area contributed by atoms with Crippen LogP contribution in [0.4, 0.5) is 11.6 Å². The van der Waals surface area contributed by atoms with Crippen LogP contribution in [0.2, 0.25) is 0 Å². The number of aromatic nitrogens is 4. The van der Waals surface area contributed by atoms with Crippen LogP contribution in [0.1, 0.15) is 23.7 Å². The predicted molar refractivity (Wildman–Crippen MR) is 105 cm³/mol. The van der Waals surface area contributed by atoms with E-state index in [1.54, 1.807) is 18.6 Å². The summed E-state index contributed by atoms with van der Waals surface area (Å²) in [6.07, 6.45) is 6.08. The van der Waals surface area contributed by atoms with Gasteiger partial charge in [0.05, 0.1) is 17.0 Å². The number of hydrogen-bond donors (Lipinski definition) is 2. The van der Waals surface area contributed by atoms with Gasteiger partial charge in [-0.2, -0.15) is 0 Å². The van der Waals surface area contributed by atoms with Crippen LogP contribution in [0.3, 0.4) is 0 Å². The fourth-order valence-electron chi connectivity index (χ4n) is 3.78. The largest absolute Gasteiger partial charge is 0.366 e. The van der Waals surface area contributed by atoms with Crippen LogP contribution < -0.4 is 15.5 Å². The number of pyridine rings is 1. The number of aromatic amines is 1. The van der Waals surface area contributed by atoms with Gasteiger partial charge < -0.3 is 20.5 Å². The van der Waals surface area contributed by atoms with E-state index in [-0.39, 0.29) is 6.04 Å². The summed E-state index contributed by atoms with van der Waals surface area (Å²) in [5.74, 6) is 1.84. The first kappa shape index (κ1) is 17.3. The molecule has 4 heterocycles. The van der Waals surface area contributed by atoms with Gasteiger partial charge in [-0.15, -0.1) is 0 Å². The fraction of sp³-hybridized carbons (Fsp3) is 0.368. The molecule has 2 atom stereocenters. The van der Waals surface area contributed by atoms with Gasteiger partial charge in [-0.1, -0.05) is 6.92 Å². The first-order chi connectivity index (χ1) is 13.0. The molecule has 0 bridgehead atoms. The number of hydrogen-bond acceptors (Lipinski definition) is 6. The van der Waals surface area contributed by atoms with Gasteiger partial charge in [-0.3, -0.25) is 4.79 Å². The molecule has 0 aromatic carbocycles. The van der Waals surface area contributed by atoms with Crippen molar-refractivity contribution in [3.8, 4) is 0 Å². The quantitative estimate of drug-likeness (QED) is 0.731. The van der Waals surface area contributed by atoms with E-state index in [4.69, 9.17) is 5.73 Å². The van der Waals surface area contributed by atoms with Gasteiger partial charge in [0.1, 0.15) is 23.6 Å². The molecule has 1 aliphatic heterocycles. The molecule has 1 amide bonds. The third-order valence-corrected chi connectivity index (χ3v) is 5.44. The maximum Gasteiger partial charge on any atom is 0.250 e. The molecule has 0 spiro atoms. The standard InChI is InChI=1S/C19H23N7O/c1-12-6-8-26(16-4-3-13(9-22-16)17(20)27)10-15(12)25(2)19-14-5-7-21-18(14)23-11-24-19/h3-5,7,9,11-12,15H,6,8,10H2,1-2H3,(H2,20,27)(H,21,23,24). The zero-order valence-corrected chi connectivity index (χ0v) is 15.5. The van der Waals surface area contributed by atoms with Crippen LogP contribution in [0.25, 0.3) is 11.0 Å². The Morgan fingerprint density at radius 3 is 2.89 bits per heavy atom. The number of likely N-dealkylation sites (N-methyl/N-ethyl adjacent to an activating group) is 1. The van der Waals surface area contributed by atoms with E-state index in [1.807, 2.05) is 18.3 Å². The summed E-state index contributed by atoms with van der Waals surface area (Å²) >= 11 is 0. The monoisotopic (exact) mass is 365 g/mol. The molecule has 1 aliphatic rings. The van der Waals surface area contributed by atoms with E-state index >= 15 is 0 Å². The molecule has 2 unspecified atom stereocenters. The number of amides is 1. The molecule has 3 N–H and O–H groups in total. The highest BCUT2D eigenvalue weighted by Gasteiger charge is 2.31. The third kappa shape index (κ3) is 3.18. The molecular formula is C19H23N7O. The Balaban J connectivity index is 1.58. The lowest BCUT2D eigenvalue weighted by molar-refractivity contribution is 0.1000. The number of anilines is 2. The van der Waals surface area contributed by atoms with E-state index in [9.17, 15) is 4.79 Å².